The second-order valence-corrected chi connectivity index (χ2v) is 8.66. The van der Waals surface area contributed by atoms with Crippen molar-refractivity contribution in [1.82, 2.24) is 21.3 Å². The van der Waals surface area contributed by atoms with Crippen LogP contribution in [-0.4, -0.2) is 81.8 Å². The molecular weight excluding hydrogens is 486 g/mol. The molecule has 5 atom stereocenters. The lowest BCUT2D eigenvalue weighted by Crippen LogP contribution is -2.57. The molecule has 0 spiro atoms. The first-order valence-corrected chi connectivity index (χ1v) is 11.7. The summed E-state index contributed by atoms with van der Waals surface area (Å²) in [6.45, 7) is 3.06. The van der Waals surface area contributed by atoms with E-state index in [1.165, 1.54) is 38.1 Å². The van der Waals surface area contributed by atoms with Crippen LogP contribution in [0.5, 0.6) is 5.75 Å². The Labute approximate surface area is 214 Å². The van der Waals surface area contributed by atoms with Crippen molar-refractivity contribution in [2.75, 3.05) is 6.54 Å². The molecule has 0 aliphatic heterocycles. The van der Waals surface area contributed by atoms with Crippen molar-refractivity contribution < 1.29 is 34.5 Å². The van der Waals surface area contributed by atoms with Crippen LogP contribution < -0.4 is 32.7 Å². The molecule has 0 aliphatic rings. The standard InChI is InChI=1S/C23H37N7O7/c1-12(28-21(35)18(24)13(2)31)19(33)29-16(5-3-4-10-27-23(25)26)20(34)30-17(22(36)37)11-14-6-8-15(32)9-7-14/h6-9,12-13,16-18,31-32H,3-5,10-11,24H2,1-2H3,(H,28,35)(H,29,33)(H,30,34)(H,36,37)(H4,25,26,27)/t12-,13+,16-,17-,18-/m0/s1. The Morgan fingerprint density at radius 2 is 1.54 bits per heavy atom. The maximum Gasteiger partial charge on any atom is 0.326 e. The third kappa shape index (κ3) is 11.6. The summed E-state index contributed by atoms with van der Waals surface area (Å²) in [7, 11) is 0. The van der Waals surface area contributed by atoms with Gasteiger partial charge in [0.05, 0.1) is 6.10 Å². The van der Waals surface area contributed by atoms with Gasteiger partial charge >= 0.3 is 5.97 Å². The summed E-state index contributed by atoms with van der Waals surface area (Å²) in [6, 6.07) is 1.06. The van der Waals surface area contributed by atoms with Crippen molar-refractivity contribution in [2.24, 2.45) is 11.5 Å². The van der Waals surface area contributed by atoms with Gasteiger partial charge in [0.1, 0.15) is 29.9 Å². The van der Waals surface area contributed by atoms with Crippen LogP contribution in [0.4, 0.5) is 0 Å². The van der Waals surface area contributed by atoms with Crippen LogP contribution in [0.3, 0.4) is 0 Å². The number of amides is 3. The zero-order valence-corrected chi connectivity index (χ0v) is 20.9. The van der Waals surface area contributed by atoms with Gasteiger partial charge in [-0.2, -0.15) is 0 Å². The average Bonchev–Trinajstić information content (AvgIpc) is 2.82. The number of phenols is 1. The molecule has 0 aromatic heterocycles. The second-order valence-electron chi connectivity index (χ2n) is 8.66. The minimum Gasteiger partial charge on any atom is -0.508 e. The quantitative estimate of drug-likeness (QED) is 0.0677. The summed E-state index contributed by atoms with van der Waals surface area (Å²) in [5.74, 6) is -3.69. The highest BCUT2D eigenvalue weighted by Gasteiger charge is 2.29. The first kappa shape index (κ1) is 31.1. The van der Waals surface area contributed by atoms with E-state index in [4.69, 9.17) is 16.9 Å². The number of carboxylic acid groups (broad SMARTS) is 1. The molecule has 1 rings (SSSR count). The number of aliphatic hydroxyl groups excluding tert-OH is 1. The molecule has 0 unspecified atom stereocenters. The van der Waals surface area contributed by atoms with Gasteiger partial charge in [-0.15, -0.1) is 0 Å². The van der Waals surface area contributed by atoms with E-state index in [-0.39, 0.29) is 24.6 Å². The van der Waals surface area contributed by atoms with Gasteiger partial charge in [-0.3, -0.25) is 19.8 Å². The van der Waals surface area contributed by atoms with Crippen molar-refractivity contribution in [3.63, 3.8) is 0 Å². The topological polar surface area (TPSA) is 253 Å². The van der Waals surface area contributed by atoms with Gasteiger partial charge in [-0.1, -0.05) is 12.1 Å². The largest absolute Gasteiger partial charge is 0.508 e. The van der Waals surface area contributed by atoms with E-state index < -0.39 is 54.0 Å². The molecular formula is C23H37N7O7. The maximum absolute atomic E-state index is 13.0. The molecule has 0 aliphatic carbocycles. The monoisotopic (exact) mass is 523 g/mol. The highest BCUT2D eigenvalue weighted by Crippen LogP contribution is 2.12. The molecule has 0 heterocycles. The lowest BCUT2D eigenvalue weighted by molar-refractivity contribution is -0.142. The van der Waals surface area contributed by atoms with Crippen LogP contribution in [0.25, 0.3) is 0 Å². The fourth-order valence-electron chi connectivity index (χ4n) is 3.20. The molecule has 1 aromatic rings. The Balaban J connectivity index is 2.90. The molecule has 37 heavy (non-hydrogen) atoms. The zero-order chi connectivity index (χ0) is 28.1. The van der Waals surface area contributed by atoms with Gasteiger partial charge < -0.3 is 48.1 Å². The third-order valence-electron chi connectivity index (χ3n) is 5.43. The second kappa shape index (κ2) is 15.3. The molecule has 1 aromatic carbocycles. The summed E-state index contributed by atoms with van der Waals surface area (Å²) in [5, 5.41) is 45.6. The van der Waals surface area contributed by atoms with Crippen molar-refractivity contribution >= 4 is 29.7 Å². The van der Waals surface area contributed by atoms with Crippen LogP contribution in [0.2, 0.25) is 0 Å². The number of nitrogens with two attached hydrogens (primary N) is 2. The molecule has 0 bridgehead atoms. The Morgan fingerprint density at radius 1 is 0.946 bits per heavy atom. The van der Waals surface area contributed by atoms with Crippen LogP contribution >= 0.6 is 0 Å². The number of aromatic hydroxyl groups is 1. The predicted molar refractivity (Wildman–Crippen MR) is 134 cm³/mol. The third-order valence-corrected chi connectivity index (χ3v) is 5.43. The van der Waals surface area contributed by atoms with Crippen molar-refractivity contribution in [3.8, 4) is 5.75 Å². The fraction of sp³-hybridized carbons (Fsp3) is 0.522. The Hall–Kier alpha value is -3.91. The van der Waals surface area contributed by atoms with Crippen LogP contribution in [0.1, 0.15) is 38.7 Å². The number of guanidine groups is 1. The number of carbonyl (C=O) groups is 4. The molecule has 0 saturated heterocycles. The average molecular weight is 524 g/mol. The normalized spacial score (nSPS) is 14.8. The summed E-state index contributed by atoms with van der Waals surface area (Å²) < 4.78 is 0. The molecule has 14 heteroatoms. The molecule has 0 saturated carbocycles. The number of hydrogen-bond donors (Lipinski definition) is 10. The van der Waals surface area contributed by atoms with Gasteiger partial charge in [0, 0.05) is 13.0 Å². The van der Waals surface area contributed by atoms with Crippen molar-refractivity contribution in [1.29, 1.82) is 5.41 Å². The lowest BCUT2D eigenvalue weighted by atomic mass is 10.0. The Morgan fingerprint density at radius 3 is 2.08 bits per heavy atom. The number of rotatable bonds is 15. The number of benzene rings is 1. The minimum atomic E-state index is -1.31. The lowest BCUT2D eigenvalue weighted by Gasteiger charge is -2.24. The number of carbonyl (C=O) groups excluding carboxylic acids is 3. The van der Waals surface area contributed by atoms with E-state index in [2.05, 4.69) is 21.3 Å². The van der Waals surface area contributed by atoms with Gasteiger partial charge in [0.15, 0.2) is 5.96 Å². The number of hydrogen-bond acceptors (Lipinski definition) is 8. The summed E-state index contributed by atoms with van der Waals surface area (Å²) in [6.07, 6.45) is -0.142. The number of aliphatic hydroxyl groups is 1. The van der Waals surface area contributed by atoms with Crippen molar-refractivity contribution in [2.45, 2.75) is 69.8 Å². The number of carboxylic acids is 1. The molecule has 12 N–H and O–H groups in total. The number of aliphatic carboxylic acids is 1. The van der Waals surface area contributed by atoms with E-state index in [1.54, 1.807) is 0 Å². The van der Waals surface area contributed by atoms with Crippen LogP contribution in [0.15, 0.2) is 24.3 Å². The Kier molecular flexibility index (Phi) is 12.8. The van der Waals surface area contributed by atoms with Gasteiger partial charge in [-0.05, 0) is 50.8 Å². The SMILES string of the molecule is C[C@H](NC(=O)[C@@H](N)[C@@H](C)O)C(=O)N[C@@H](CCCCNC(=N)N)C(=O)N[C@@H](Cc1ccc(O)cc1)C(=O)O. The molecule has 14 nitrogen and oxygen atoms in total. The summed E-state index contributed by atoms with van der Waals surface area (Å²) >= 11 is 0. The van der Waals surface area contributed by atoms with Crippen LogP contribution in [-0.2, 0) is 25.6 Å². The number of unbranched alkanes of at least 4 members (excludes halogenated alkanes) is 1. The van der Waals surface area contributed by atoms with Gasteiger partial charge in [0.2, 0.25) is 17.7 Å². The molecule has 0 radical (unpaired) electrons. The molecule has 3 amide bonds. The minimum absolute atomic E-state index is 0.0114. The van der Waals surface area contributed by atoms with Gasteiger partial charge in [-0.25, -0.2) is 4.79 Å². The summed E-state index contributed by atoms with van der Waals surface area (Å²) in [5.41, 5.74) is 11.4. The first-order chi connectivity index (χ1) is 17.3. The van der Waals surface area contributed by atoms with E-state index in [9.17, 15) is 34.5 Å². The van der Waals surface area contributed by atoms with E-state index in [0.29, 0.717) is 24.9 Å². The number of nitrogens with one attached hydrogen (secondary N) is 5. The van der Waals surface area contributed by atoms with Gasteiger partial charge in [0.25, 0.3) is 0 Å². The smallest absolute Gasteiger partial charge is 0.326 e. The fourth-order valence-corrected chi connectivity index (χ4v) is 3.20. The van der Waals surface area contributed by atoms with Crippen molar-refractivity contribution in [3.05, 3.63) is 29.8 Å². The summed E-state index contributed by atoms with van der Waals surface area (Å²) in [4.78, 5) is 49.6. The molecule has 206 valence electrons. The van der Waals surface area contributed by atoms with Crippen LogP contribution in [0, 0.1) is 5.41 Å². The van der Waals surface area contributed by atoms with E-state index >= 15 is 0 Å². The zero-order valence-electron chi connectivity index (χ0n) is 20.9. The predicted octanol–water partition coefficient (Wildman–Crippen LogP) is -2.14. The molecule has 0 fully saturated rings. The number of phenolic OH excluding ortho intramolecular Hbond substituents is 1. The highest BCUT2D eigenvalue weighted by atomic mass is 16.4. The Bertz CT molecular complexity index is 940. The first-order valence-electron chi connectivity index (χ1n) is 11.7. The van der Waals surface area contributed by atoms with E-state index in [1.807, 2.05) is 0 Å². The van der Waals surface area contributed by atoms with E-state index in [0.717, 1.165) is 0 Å². The highest BCUT2D eigenvalue weighted by molar-refractivity contribution is 5.94. The maximum atomic E-state index is 13.0.